The number of hydrogen-bond donors (Lipinski definition) is 3. The van der Waals surface area contributed by atoms with E-state index in [0.29, 0.717) is 18.5 Å². The summed E-state index contributed by atoms with van der Waals surface area (Å²) in [6.45, 7) is 1.91. The molecule has 8 heteroatoms. The average molecular weight is 550 g/mol. The molecule has 0 bridgehead atoms. The zero-order valence-corrected chi connectivity index (χ0v) is 23.1. The molecule has 1 aliphatic carbocycles. The molecule has 0 aromatic heterocycles. The number of nitrogens with zero attached hydrogens (tertiary/aromatic N) is 2. The van der Waals surface area contributed by atoms with E-state index in [4.69, 9.17) is 5.73 Å². The number of carbonyl (C=O) groups is 3. The standard InChI is InChI=1S/C33H35N5O3/c1-21(35)31(39)37-29(17-22-8-7-9-23(16-22)19-34)33(41)38-20-26(24-10-3-2-4-11-24)18-30(38)32(40)36-28-15-14-25-12-5-6-13-27(25)28/h2-13,16,21,26,28-30H,14-15,17-18,20,35H2,1H3,(H,36,40)(H,37,39)/t21-,26-,28+,29+,30-/m0/s1. The number of likely N-dealkylation sites (tertiary alicyclic amines) is 1. The Morgan fingerprint density at radius 2 is 1.80 bits per heavy atom. The van der Waals surface area contributed by atoms with Crippen molar-refractivity contribution < 1.29 is 14.4 Å². The maximum atomic E-state index is 14.2. The van der Waals surface area contributed by atoms with E-state index < -0.39 is 24.0 Å². The van der Waals surface area contributed by atoms with Gasteiger partial charge in [0.2, 0.25) is 17.7 Å². The number of aryl methyl sites for hydroxylation is 1. The maximum absolute atomic E-state index is 14.2. The van der Waals surface area contributed by atoms with Gasteiger partial charge in [0.1, 0.15) is 12.1 Å². The molecule has 0 saturated carbocycles. The molecule has 0 unspecified atom stereocenters. The molecule has 1 heterocycles. The number of benzene rings is 3. The Balaban J connectivity index is 1.43. The topological polar surface area (TPSA) is 128 Å². The summed E-state index contributed by atoms with van der Waals surface area (Å²) in [5, 5.41) is 15.4. The SMILES string of the molecule is C[C@H](N)C(=O)N[C@H](Cc1cccc(C#N)c1)C(=O)N1C[C@@H](c2ccccc2)C[C@H]1C(=O)N[C@@H]1CCc2ccccc21. The third kappa shape index (κ3) is 6.31. The number of nitriles is 1. The Bertz CT molecular complexity index is 1460. The van der Waals surface area contributed by atoms with E-state index in [1.807, 2.05) is 54.6 Å². The van der Waals surface area contributed by atoms with Crippen molar-refractivity contribution in [2.75, 3.05) is 6.54 Å². The van der Waals surface area contributed by atoms with Crippen molar-refractivity contribution in [2.45, 2.75) is 62.7 Å². The first-order chi connectivity index (χ1) is 19.8. The van der Waals surface area contributed by atoms with Crippen LogP contribution in [0.4, 0.5) is 0 Å². The molecule has 1 aliphatic heterocycles. The number of hydrogen-bond acceptors (Lipinski definition) is 5. The van der Waals surface area contributed by atoms with Crippen LogP contribution in [-0.2, 0) is 27.2 Å². The Hall–Kier alpha value is -4.48. The quantitative estimate of drug-likeness (QED) is 0.398. The monoisotopic (exact) mass is 549 g/mol. The van der Waals surface area contributed by atoms with Crippen LogP contribution in [0.2, 0.25) is 0 Å². The van der Waals surface area contributed by atoms with Crippen LogP contribution in [0.1, 0.15) is 59.5 Å². The summed E-state index contributed by atoms with van der Waals surface area (Å²) >= 11 is 0. The predicted octanol–water partition coefficient (Wildman–Crippen LogP) is 3.12. The second kappa shape index (κ2) is 12.4. The van der Waals surface area contributed by atoms with Crippen molar-refractivity contribution in [1.29, 1.82) is 5.26 Å². The Morgan fingerprint density at radius 3 is 2.56 bits per heavy atom. The highest BCUT2D eigenvalue weighted by molar-refractivity contribution is 5.94. The lowest BCUT2D eigenvalue weighted by Crippen LogP contribution is -2.56. The largest absolute Gasteiger partial charge is 0.347 e. The van der Waals surface area contributed by atoms with Gasteiger partial charge in [0.15, 0.2) is 0 Å². The van der Waals surface area contributed by atoms with Gasteiger partial charge in [-0.25, -0.2) is 0 Å². The van der Waals surface area contributed by atoms with Crippen molar-refractivity contribution >= 4 is 17.7 Å². The zero-order chi connectivity index (χ0) is 28.9. The molecule has 8 nitrogen and oxygen atoms in total. The lowest BCUT2D eigenvalue weighted by molar-refractivity contribution is -0.141. The molecule has 3 aromatic rings. The van der Waals surface area contributed by atoms with Gasteiger partial charge in [-0.1, -0.05) is 66.7 Å². The summed E-state index contributed by atoms with van der Waals surface area (Å²) in [6, 6.07) is 24.5. The van der Waals surface area contributed by atoms with Crippen LogP contribution >= 0.6 is 0 Å². The van der Waals surface area contributed by atoms with Crippen molar-refractivity contribution in [3.8, 4) is 6.07 Å². The molecule has 2 aliphatic rings. The molecule has 5 rings (SSSR count). The third-order valence-electron chi connectivity index (χ3n) is 8.13. The van der Waals surface area contributed by atoms with Gasteiger partial charge in [0.05, 0.1) is 23.7 Å². The van der Waals surface area contributed by atoms with E-state index in [9.17, 15) is 19.6 Å². The molecule has 210 valence electrons. The summed E-state index contributed by atoms with van der Waals surface area (Å²) in [6.07, 6.45) is 2.36. The fourth-order valence-corrected chi connectivity index (χ4v) is 5.98. The van der Waals surface area contributed by atoms with Crippen LogP contribution < -0.4 is 16.4 Å². The minimum atomic E-state index is -0.945. The van der Waals surface area contributed by atoms with Crippen molar-refractivity contribution in [3.63, 3.8) is 0 Å². The second-order valence-electron chi connectivity index (χ2n) is 11.0. The van der Waals surface area contributed by atoms with Crippen LogP contribution in [0, 0.1) is 11.3 Å². The first kappa shape index (κ1) is 28.1. The van der Waals surface area contributed by atoms with Crippen molar-refractivity contribution in [3.05, 3.63) is 107 Å². The first-order valence-electron chi connectivity index (χ1n) is 14.1. The molecule has 1 fully saturated rings. The number of fused-ring (bicyclic) bond motifs is 1. The van der Waals surface area contributed by atoms with Gasteiger partial charge in [-0.3, -0.25) is 14.4 Å². The number of nitrogens with two attached hydrogens (primary N) is 1. The molecule has 5 atom stereocenters. The minimum Gasteiger partial charge on any atom is -0.347 e. The molecule has 3 aromatic carbocycles. The molecule has 3 amide bonds. The van der Waals surface area contributed by atoms with Crippen molar-refractivity contribution in [1.82, 2.24) is 15.5 Å². The van der Waals surface area contributed by atoms with Crippen LogP contribution in [0.5, 0.6) is 0 Å². The first-order valence-corrected chi connectivity index (χ1v) is 14.1. The Kier molecular flexibility index (Phi) is 8.46. The molecule has 0 radical (unpaired) electrons. The van der Waals surface area contributed by atoms with Crippen LogP contribution in [0.25, 0.3) is 0 Å². The van der Waals surface area contributed by atoms with Crippen LogP contribution in [0.15, 0.2) is 78.9 Å². The van der Waals surface area contributed by atoms with E-state index in [-0.39, 0.29) is 30.2 Å². The van der Waals surface area contributed by atoms with E-state index in [1.54, 1.807) is 30.0 Å². The highest BCUT2D eigenvalue weighted by atomic mass is 16.2. The second-order valence-corrected chi connectivity index (χ2v) is 11.0. The lowest BCUT2D eigenvalue weighted by atomic mass is 9.96. The smallest absolute Gasteiger partial charge is 0.246 e. The van der Waals surface area contributed by atoms with E-state index in [0.717, 1.165) is 29.5 Å². The lowest BCUT2D eigenvalue weighted by Gasteiger charge is -2.30. The fourth-order valence-electron chi connectivity index (χ4n) is 5.98. The average Bonchev–Trinajstić information content (AvgIpc) is 3.62. The van der Waals surface area contributed by atoms with E-state index in [2.05, 4.69) is 22.8 Å². The summed E-state index contributed by atoms with van der Waals surface area (Å²) in [7, 11) is 0. The summed E-state index contributed by atoms with van der Waals surface area (Å²) in [5.41, 5.74) is 10.4. The predicted molar refractivity (Wildman–Crippen MR) is 155 cm³/mol. The molecular formula is C33H35N5O3. The molecule has 4 N–H and O–H groups in total. The fraction of sp³-hybridized carbons (Fsp3) is 0.333. The Labute approximate surface area is 240 Å². The maximum Gasteiger partial charge on any atom is 0.246 e. The van der Waals surface area contributed by atoms with Gasteiger partial charge in [-0.2, -0.15) is 5.26 Å². The van der Waals surface area contributed by atoms with Crippen LogP contribution in [-0.4, -0.2) is 47.3 Å². The normalized spacial score (nSPS) is 20.9. The van der Waals surface area contributed by atoms with Gasteiger partial charge < -0.3 is 21.3 Å². The minimum absolute atomic E-state index is 0.0292. The Morgan fingerprint density at radius 1 is 1.05 bits per heavy atom. The summed E-state index contributed by atoms with van der Waals surface area (Å²) < 4.78 is 0. The number of carbonyl (C=O) groups excluding carboxylic acids is 3. The van der Waals surface area contributed by atoms with Gasteiger partial charge in [-0.15, -0.1) is 0 Å². The highest BCUT2D eigenvalue weighted by Crippen LogP contribution is 2.35. The van der Waals surface area contributed by atoms with E-state index in [1.165, 1.54) is 5.56 Å². The van der Waals surface area contributed by atoms with Crippen molar-refractivity contribution in [2.24, 2.45) is 5.73 Å². The molecule has 0 spiro atoms. The zero-order valence-electron chi connectivity index (χ0n) is 23.1. The third-order valence-corrected chi connectivity index (χ3v) is 8.13. The highest BCUT2D eigenvalue weighted by Gasteiger charge is 2.43. The van der Waals surface area contributed by atoms with Crippen LogP contribution in [0.3, 0.4) is 0 Å². The molecule has 41 heavy (non-hydrogen) atoms. The molecular weight excluding hydrogens is 514 g/mol. The van der Waals surface area contributed by atoms with Gasteiger partial charge in [0.25, 0.3) is 0 Å². The van der Waals surface area contributed by atoms with E-state index >= 15 is 0 Å². The molecule has 1 saturated heterocycles. The summed E-state index contributed by atoms with van der Waals surface area (Å²) in [5.74, 6) is -1.02. The summed E-state index contributed by atoms with van der Waals surface area (Å²) in [4.78, 5) is 42.4. The number of rotatable bonds is 8. The van der Waals surface area contributed by atoms with Gasteiger partial charge >= 0.3 is 0 Å². The number of amides is 3. The van der Waals surface area contributed by atoms with Gasteiger partial charge in [0, 0.05) is 18.9 Å². The number of nitrogens with one attached hydrogen (secondary N) is 2. The van der Waals surface area contributed by atoms with Gasteiger partial charge in [-0.05, 0) is 60.6 Å².